The number of oxazole rings is 1. The average molecular weight is 230 g/mol. The minimum absolute atomic E-state index is 0.564. The van der Waals surface area contributed by atoms with Crippen LogP contribution in [0.3, 0.4) is 0 Å². The number of aryl methyl sites for hydroxylation is 2. The summed E-state index contributed by atoms with van der Waals surface area (Å²) >= 11 is 0. The van der Waals surface area contributed by atoms with Crippen molar-refractivity contribution in [1.29, 1.82) is 0 Å². The van der Waals surface area contributed by atoms with Crippen LogP contribution in [-0.4, -0.2) is 11.5 Å². The Morgan fingerprint density at radius 1 is 1.24 bits per heavy atom. The van der Waals surface area contributed by atoms with E-state index < -0.39 is 0 Å². The van der Waals surface area contributed by atoms with Gasteiger partial charge in [0.2, 0.25) is 0 Å². The van der Waals surface area contributed by atoms with E-state index in [-0.39, 0.29) is 0 Å². The maximum Gasteiger partial charge on any atom is 0.196 e. The third-order valence-electron chi connectivity index (χ3n) is 2.82. The second kappa shape index (κ2) is 5.15. The van der Waals surface area contributed by atoms with E-state index in [4.69, 9.17) is 10.2 Å². The van der Waals surface area contributed by atoms with Gasteiger partial charge < -0.3 is 10.2 Å². The van der Waals surface area contributed by atoms with Gasteiger partial charge in [-0.05, 0) is 18.9 Å². The molecule has 0 unspecified atom stereocenters. The minimum atomic E-state index is 0.564. The zero-order chi connectivity index (χ0) is 12.3. The lowest BCUT2D eigenvalue weighted by molar-refractivity contribution is 0.508. The molecular formula is C14H18N2O. The Morgan fingerprint density at radius 2 is 1.94 bits per heavy atom. The standard InChI is InChI=1S/C14H18N2O/c1-3-11-4-6-12(7-5-11)14-10(2)16-13(17-14)8-9-15/h4-7H,3,8-9,15H2,1-2H3. The number of aromatic nitrogens is 1. The summed E-state index contributed by atoms with van der Waals surface area (Å²) in [5.74, 6) is 1.58. The molecule has 17 heavy (non-hydrogen) atoms. The Bertz CT molecular complexity index is 485. The van der Waals surface area contributed by atoms with Crippen LogP contribution in [0.4, 0.5) is 0 Å². The molecule has 3 nitrogen and oxygen atoms in total. The number of nitrogens with two attached hydrogens (primary N) is 1. The topological polar surface area (TPSA) is 52.0 Å². The van der Waals surface area contributed by atoms with Gasteiger partial charge in [-0.3, -0.25) is 0 Å². The van der Waals surface area contributed by atoms with Crippen molar-refractivity contribution in [2.75, 3.05) is 6.54 Å². The Morgan fingerprint density at radius 3 is 2.53 bits per heavy atom. The second-order valence-electron chi connectivity index (χ2n) is 4.11. The minimum Gasteiger partial charge on any atom is -0.440 e. The molecule has 3 heteroatoms. The Kier molecular flexibility index (Phi) is 3.59. The molecule has 2 aromatic rings. The van der Waals surface area contributed by atoms with Crippen molar-refractivity contribution in [1.82, 2.24) is 4.98 Å². The molecule has 1 aromatic carbocycles. The summed E-state index contributed by atoms with van der Waals surface area (Å²) in [6.45, 7) is 4.68. The Labute approximate surface area is 102 Å². The first-order chi connectivity index (χ1) is 8.24. The highest BCUT2D eigenvalue weighted by Gasteiger charge is 2.10. The summed E-state index contributed by atoms with van der Waals surface area (Å²) in [5, 5.41) is 0. The van der Waals surface area contributed by atoms with Crippen LogP contribution in [0.5, 0.6) is 0 Å². The van der Waals surface area contributed by atoms with Gasteiger partial charge in [-0.15, -0.1) is 0 Å². The molecule has 2 rings (SSSR count). The summed E-state index contributed by atoms with van der Waals surface area (Å²) in [6.07, 6.45) is 1.74. The van der Waals surface area contributed by atoms with E-state index in [2.05, 4.69) is 36.2 Å². The first-order valence-corrected chi connectivity index (χ1v) is 6.00. The molecule has 0 aliphatic rings. The predicted octanol–water partition coefficient (Wildman–Crippen LogP) is 2.71. The van der Waals surface area contributed by atoms with Gasteiger partial charge in [-0.1, -0.05) is 31.2 Å². The molecule has 0 spiro atoms. The van der Waals surface area contributed by atoms with Gasteiger partial charge in [-0.25, -0.2) is 4.98 Å². The fourth-order valence-electron chi connectivity index (χ4n) is 1.84. The van der Waals surface area contributed by atoms with Crippen molar-refractivity contribution in [2.24, 2.45) is 5.73 Å². The van der Waals surface area contributed by atoms with Crippen LogP contribution in [0.2, 0.25) is 0 Å². The van der Waals surface area contributed by atoms with E-state index in [9.17, 15) is 0 Å². The highest BCUT2D eigenvalue weighted by Crippen LogP contribution is 2.25. The molecule has 0 saturated heterocycles. The van der Waals surface area contributed by atoms with Crippen LogP contribution in [0.25, 0.3) is 11.3 Å². The van der Waals surface area contributed by atoms with Gasteiger partial charge in [-0.2, -0.15) is 0 Å². The van der Waals surface area contributed by atoms with Crippen molar-refractivity contribution in [3.8, 4) is 11.3 Å². The van der Waals surface area contributed by atoms with Crippen molar-refractivity contribution in [2.45, 2.75) is 26.7 Å². The molecule has 0 bridgehead atoms. The monoisotopic (exact) mass is 230 g/mol. The third kappa shape index (κ3) is 2.56. The van der Waals surface area contributed by atoms with Crippen LogP contribution in [-0.2, 0) is 12.8 Å². The number of hydrogen-bond acceptors (Lipinski definition) is 3. The van der Waals surface area contributed by atoms with E-state index in [1.165, 1.54) is 5.56 Å². The molecular weight excluding hydrogens is 212 g/mol. The normalized spacial score (nSPS) is 10.8. The van der Waals surface area contributed by atoms with Gasteiger partial charge in [0.05, 0.1) is 5.69 Å². The number of nitrogens with zero attached hydrogens (tertiary/aromatic N) is 1. The van der Waals surface area contributed by atoms with Crippen LogP contribution < -0.4 is 5.73 Å². The number of hydrogen-bond donors (Lipinski definition) is 1. The molecule has 0 fully saturated rings. The van der Waals surface area contributed by atoms with Gasteiger partial charge in [0.15, 0.2) is 11.7 Å². The van der Waals surface area contributed by atoms with Gasteiger partial charge in [0.1, 0.15) is 0 Å². The fraction of sp³-hybridized carbons (Fsp3) is 0.357. The first-order valence-electron chi connectivity index (χ1n) is 6.00. The lowest BCUT2D eigenvalue weighted by Crippen LogP contribution is -2.02. The maximum atomic E-state index is 5.72. The summed E-state index contributed by atoms with van der Waals surface area (Å²) in [4.78, 5) is 4.37. The molecule has 1 aromatic heterocycles. The van der Waals surface area contributed by atoms with Crippen LogP contribution in [0.15, 0.2) is 28.7 Å². The lowest BCUT2D eigenvalue weighted by atomic mass is 10.1. The Balaban J connectivity index is 2.31. The smallest absolute Gasteiger partial charge is 0.196 e. The molecule has 0 amide bonds. The molecule has 90 valence electrons. The van der Waals surface area contributed by atoms with Gasteiger partial charge >= 0.3 is 0 Å². The highest BCUT2D eigenvalue weighted by molar-refractivity contribution is 5.60. The third-order valence-corrected chi connectivity index (χ3v) is 2.82. The summed E-state index contributed by atoms with van der Waals surface area (Å²) < 4.78 is 5.72. The Hall–Kier alpha value is -1.61. The van der Waals surface area contributed by atoms with E-state index in [0.717, 1.165) is 29.3 Å². The first kappa shape index (κ1) is 11.9. The van der Waals surface area contributed by atoms with E-state index in [1.807, 2.05) is 6.92 Å². The van der Waals surface area contributed by atoms with E-state index in [0.29, 0.717) is 13.0 Å². The predicted molar refractivity (Wildman–Crippen MR) is 68.8 cm³/mol. The zero-order valence-corrected chi connectivity index (χ0v) is 10.4. The molecule has 0 radical (unpaired) electrons. The van der Waals surface area contributed by atoms with Crippen LogP contribution >= 0.6 is 0 Å². The SMILES string of the molecule is CCc1ccc(-c2oc(CCN)nc2C)cc1. The van der Waals surface area contributed by atoms with Crippen molar-refractivity contribution in [3.63, 3.8) is 0 Å². The number of rotatable bonds is 4. The summed E-state index contributed by atoms with van der Waals surface area (Å²) in [7, 11) is 0. The van der Waals surface area contributed by atoms with Gasteiger partial charge in [0.25, 0.3) is 0 Å². The largest absolute Gasteiger partial charge is 0.440 e. The highest BCUT2D eigenvalue weighted by atomic mass is 16.4. The van der Waals surface area contributed by atoms with E-state index >= 15 is 0 Å². The van der Waals surface area contributed by atoms with E-state index in [1.54, 1.807) is 0 Å². The summed E-state index contributed by atoms with van der Waals surface area (Å²) in [6, 6.07) is 8.41. The molecule has 2 N–H and O–H groups in total. The molecule has 0 atom stereocenters. The van der Waals surface area contributed by atoms with Crippen molar-refractivity contribution in [3.05, 3.63) is 41.4 Å². The van der Waals surface area contributed by atoms with Gasteiger partial charge in [0, 0.05) is 18.5 Å². The molecule has 0 aliphatic carbocycles. The quantitative estimate of drug-likeness (QED) is 0.878. The molecule has 1 heterocycles. The molecule has 0 aliphatic heterocycles. The van der Waals surface area contributed by atoms with Crippen molar-refractivity contribution < 1.29 is 4.42 Å². The van der Waals surface area contributed by atoms with Crippen molar-refractivity contribution >= 4 is 0 Å². The number of benzene rings is 1. The fourth-order valence-corrected chi connectivity index (χ4v) is 1.84. The van der Waals surface area contributed by atoms with Crippen LogP contribution in [0.1, 0.15) is 24.1 Å². The lowest BCUT2D eigenvalue weighted by Gasteiger charge is -2.00. The second-order valence-corrected chi connectivity index (χ2v) is 4.11. The zero-order valence-electron chi connectivity index (χ0n) is 10.4. The average Bonchev–Trinajstić information content (AvgIpc) is 2.71. The van der Waals surface area contributed by atoms with Crippen LogP contribution in [0, 0.1) is 6.92 Å². The maximum absolute atomic E-state index is 5.72. The summed E-state index contributed by atoms with van der Waals surface area (Å²) in [5.41, 5.74) is 8.83. The molecule has 0 saturated carbocycles.